The van der Waals surface area contributed by atoms with Crippen LogP contribution in [0.5, 0.6) is 0 Å². The Balaban J connectivity index is 1.55. The van der Waals surface area contributed by atoms with Crippen molar-refractivity contribution < 1.29 is 9.32 Å². The van der Waals surface area contributed by atoms with Crippen LogP contribution >= 0.6 is 0 Å². The van der Waals surface area contributed by atoms with Crippen LogP contribution < -0.4 is 5.32 Å². The van der Waals surface area contributed by atoms with Gasteiger partial charge in [0.1, 0.15) is 5.69 Å². The lowest BCUT2D eigenvalue weighted by molar-refractivity contribution is 0.0918. The minimum atomic E-state index is -0.0516. The third-order valence-electron chi connectivity index (χ3n) is 5.81. The molecular weight excluding hydrogens is 352 g/mol. The van der Waals surface area contributed by atoms with Gasteiger partial charge in [-0.05, 0) is 51.9 Å². The molecule has 1 amide bonds. The third-order valence-corrected chi connectivity index (χ3v) is 5.81. The fourth-order valence-corrected chi connectivity index (χ4v) is 3.95. The molecule has 0 unspecified atom stereocenters. The number of carbonyl (C=O) groups is 1. The second-order valence-corrected chi connectivity index (χ2v) is 8.00. The lowest BCUT2D eigenvalue weighted by Crippen LogP contribution is -2.43. The molecule has 2 aromatic heterocycles. The molecule has 1 saturated heterocycles. The molecule has 1 N–H and O–H groups in total. The second kappa shape index (κ2) is 7.02. The van der Waals surface area contributed by atoms with E-state index in [-0.39, 0.29) is 11.9 Å². The van der Waals surface area contributed by atoms with Crippen LogP contribution in [-0.4, -0.2) is 47.1 Å². The summed E-state index contributed by atoms with van der Waals surface area (Å²) in [6, 6.07) is 12.0. The Kier molecular flexibility index (Phi) is 4.36. The van der Waals surface area contributed by atoms with E-state index in [1.165, 1.54) is 0 Å². The molecular formula is C22H24N4O2. The molecule has 1 saturated carbocycles. The molecule has 2 aliphatic rings. The summed E-state index contributed by atoms with van der Waals surface area (Å²) in [6.07, 6.45) is 4.19. The highest BCUT2D eigenvalue weighted by Crippen LogP contribution is 2.41. The maximum Gasteiger partial charge on any atom is 0.259 e. The maximum atomic E-state index is 13.3. The number of piperidine rings is 1. The molecule has 6 heteroatoms. The molecule has 3 aromatic rings. The van der Waals surface area contributed by atoms with E-state index < -0.39 is 0 Å². The molecule has 2 fully saturated rings. The normalized spacial score (nSPS) is 18.5. The van der Waals surface area contributed by atoms with Gasteiger partial charge in [0.15, 0.2) is 0 Å². The zero-order chi connectivity index (χ0) is 19.1. The van der Waals surface area contributed by atoms with Gasteiger partial charge >= 0.3 is 0 Å². The van der Waals surface area contributed by atoms with Gasteiger partial charge in [-0.2, -0.15) is 0 Å². The molecule has 144 valence electrons. The highest BCUT2D eigenvalue weighted by Gasteiger charge is 2.30. The summed E-state index contributed by atoms with van der Waals surface area (Å²) in [4.78, 5) is 20.2. The first kappa shape index (κ1) is 17.4. The van der Waals surface area contributed by atoms with E-state index in [1.54, 1.807) is 0 Å². The Bertz CT molecular complexity index is 1000. The zero-order valence-electron chi connectivity index (χ0n) is 16.0. The van der Waals surface area contributed by atoms with Crippen LogP contribution in [0.1, 0.15) is 47.7 Å². The first-order valence-corrected chi connectivity index (χ1v) is 10.0. The summed E-state index contributed by atoms with van der Waals surface area (Å²) in [5, 5.41) is 8.21. The number of fused-ring (bicyclic) bond motifs is 1. The summed E-state index contributed by atoms with van der Waals surface area (Å²) < 4.78 is 5.57. The molecule has 0 radical (unpaired) electrons. The number of pyridine rings is 1. The fraction of sp³-hybridized carbons (Fsp3) is 0.409. The van der Waals surface area contributed by atoms with E-state index in [2.05, 4.69) is 27.4 Å². The number of rotatable bonds is 4. The molecule has 1 aromatic carbocycles. The number of amides is 1. The average Bonchev–Trinajstić information content (AvgIpc) is 3.49. The van der Waals surface area contributed by atoms with Crippen LogP contribution in [0, 0.1) is 0 Å². The summed E-state index contributed by atoms with van der Waals surface area (Å²) in [5.74, 6) is 0.383. The van der Waals surface area contributed by atoms with Crippen LogP contribution in [0.25, 0.3) is 22.4 Å². The highest BCUT2D eigenvalue weighted by molar-refractivity contribution is 6.09. The van der Waals surface area contributed by atoms with Gasteiger partial charge in [-0.25, -0.2) is 4.98 Å². The third kappa shape index (κ3) is 3.29. The summed E-state index contributed by atoms with van der Waals surface area (Å²) in [5.41, 5.74) is 3.63. The van der Waals surface area contributed by atoms with Gasteiger partial charge < -0.3 is 14.7 Å². The smallest absolute Gasteiger partial charge is 0.259 e. The summed E-state index contributed by atoms with van der Waals surface area (Å²) in [6.45, 7) is 2.01. The van der Waals surface area contributed by atoms with Crippen molar-refractivity contribution in [2.75, 3.05) is 20.1 Å². The number of nitrogens with zero attached hydrogens (tertiary/aromatic N) is 3. The molecule has 0 spiro atoms. The number of hydrogen-bond acceptors (Lipinski definition) is 5. The molecule has 1 aliphatic heterocycles. The largest absolute Gasteiger partial charge is 0.349 e. The number of carbonyl (C=O) groups excluding carboxylic acids is 1. The number of nitrogens with one attached hydrogen (secondary N) is 1. The minimum absolute atomic E-state index is 0.0516. The molecule has 0 atom stereocenters. The van der Waals surface area contributed by atoms with Crippen LogP contribution in [0.2, 0.25) is 0 Å². The molecule has 28 heavy (non-hydrogen) atoms. The number of benzene rings is 1. The van der Waals surface area contributed by atoms with Crippen LogP contribution in [-0.2, 0) is 0 Å². The van der Waals surface area contributed by atoms with Crippen molar-refractivity contribution in [2.45, 2.75) is 37.6 Å². The summed E-state index contributed by atoms with van der Waals surface area (Å²) >= 11 is 0. The number of likely N-dealkylation sites (tertiary alicyclic amines) is 1. The Morgan fingerprint density at radius 3 is 2.61 bits per heavy atom. The van der Waals surface area contributed by atoms with Gasteiger partial charge in [-0.3, -0.25) is 4.79 Å². The Hall–Kier alpha value is -2.73. The van der Waals surface area contributed by atoms with Crippen molar-refractivity contribution in [3.05, 3.63) is 47.7 Å². The lowest BCUT2D eigenvalue weighted by atomic mass is 10.0. The maximum absolute atomic E-state index is 13.3. The highest BCUT2D eigenvalue weighted by atomic mass is 16.5. The van der Waals surface area contributed by atoms with E-state index in [1.807, 2.05) is 36.4 Å². The van der Waals surface area contributed by atoms with Crippen molar-refractivity contribution in [1.29, 1.82) is 0 Å². The van der Waals surface area contributed by atoms with Crippen LogP contribution in [0.4, 0.5) is 0 Å². The topological polar surface area (TPSA) is 71.3 Å². The standard InChI is InChI=1S/C22H24N4O2/c1-26-11-9-16(10-12-26)23-21(27)17-13-18(14-7-8-14)24-22-19(17)20(25-28-22)15-5-3-2-4-6-15/h2-6,13-14,16H,7-12H2,1H3,(H,23,27). The molecule has 6 nitrogen and oxygen atoms in total. The SMILES string of the molecule is CN1CCC(NC(=O)c2cc(C3CC3)nc3onc(-c4ccccc4)c23)CC1. The van der Waals surface area contributed by atoms with E-state index in [0.29, 0.717) is 28.3 Å². The average molecular weight is 376 g/mol. The second-order valence-electron chi connectivity index (χ2n) is 8.00. The van der Waals surface area contributed by atoms with Crippen molar-refractivity contribution in [3.63, 3.8) is 0 Å². The zero-order valence-corrected chi connectivity index (χ0v) is 16.0. The van der Waals surface area contributed by atoms with Gasteiger partial charge in [-0.15, -0.1) is 0 Å². The molecule has 3 heterocycles. The Morgan fingerprint density at radius 2 is 1.89 bits per heavy atom. The van der Waals surface area contributed by atoms with Gasteiger partial charge in [0.05, 0.1) is 10.9 Å². The molecule has 5 rings (SSSR count). The molecule has 0 bridgehead atoms. The Labute approximate surface area is 163 Å². The first-order chi connectivity index (χ1) is 13.7. The molecule has 1 aliphatic carbocycles. The van der Waals surface area contributed by atoms with Crippen molar-refractivity contribution in [3.8, 4) is 11.3 Å². The van der Waals surface area contributed by atoms with Gasteiger partial charge in [-0.1, -0.05) is 35.5 Å². The van der Waals surface area contributed by atoms with Crippen molar-refractivity contribution in [1.82, 2.24) is 20.4 Å². The lowest BCUT2D eigenvalue weighted by Gasteiger charge is -2.29. The van der Waals surface area contributed by atoms with Crippen LogP contribution in [0.3, 0.4) is 0 Å². The van der Waals surface area contributed by atoms with Gasteiger partial charge in [0.2, 0.25) is 0 Å². The van der Waals surface area contributed by atoms with Crippen LogP contribution in [0.15, 0.2) is 40.9 Å². The Morgan fingerprint density at radius 1 is 1.14 bits per heavy atom. The van der Waals surface area contributed by atoms with Crippen molar-refractivity contribution >= 4 is 17.0 Å². The van der Waals surface area contributed by atoms with Gasteiger partial charge in [0, 0.05) is 23.2 Å². The predicted octanol–water partition coefficient (Wildman–Crippen LogP) is 3.59. The fourth-order valence-electron chi connectivity index (χ4n) is 3.95. The number of aromatic nitrogens is 2. The summed E-state index contributed by atoms with van der Waals surface area (Å²) in [7, 11) is 2.12. The van der Waals surface area contributed by atoms with E-state index >= 15 is 0 Å². The monoisotopic (exact) mass is 376 g/mol. The van der Waals surface area contributed by atoms with E-state index in [0.717, 1.165) is 50.0 Å². The minimum Gasteiger partial charge on any atom is -0.349 e. The van der Waals surface area contributed by atoms with E-state index in [4.69, 9.17) is 4.52 Å². The number of hydrogen-bond donors (Lipinski definition) is 1. The van der Waals surface area contributed by atoms with Gasteiger partial charge in [0.25, 0.3) is 11.6 Å². The van der Waals surface area contributed by atoms with Crippen molar-refractivity contribution in [2.24, 2.45) is 0 Å². The first-order valence-electron chi connectivity index (χ1n) is 10.0. The van der Waals surface area contributed by atoms with E-state index in [9.17, 15) is 4.79 Å². The quantitative estimate of drug-likeness (QED) is 0.753. The predicted molar refractivity (Wildman–Crippen MR) is 107 cm³/mol.